The first-order chi connectivity index (χ1) is 17.5. The van der Waals surface area contributed by atoms with Gasteiger partial charge in [0, 0.05) is 62.1 Å². The second-order valence-electron chi connectivity index (χ2n) is 10.5. The Kier molecular flexibility index (Phi) is 6.34. The van der Waals surface area contributed by atoms with E-state index in [0.29, 0.717) is 36.7 Å². The van der Waals surface area contributed by atoms with Gasteiger partial charge in [-0.15, -0.1) is 0 Å². The number of nitrogens with zero attached hydrogens (tertiary/aromatic N) is 4. The van der Waals surface area contributed by atoms with Gasteiger partial charge in [0.2, 0.25) is 5.91 Å². The van der Waals surface area contributed by atoms with E-state index in [-0.39, 0.29) is 5.91 Å². The fourth-order valence-corrected chi connectivity index (χ4v) is 6.65. The Bertz CT molecular complexity index is 1240. The largest absolute Gasteiger partial charge is 0.343 e. The number of halogens is 2. The number of aromatic nitrogens is 2. The summed E-state index contributed by atoms with van der Waals surface area (Å²) in [5, 5.41) is 0.695. The summed E-state index contributed by atoms with van der Waals surface area (Å²) in [7, 11) is 0. The van der Waals surface area contributed by atoms with Crippen LogP contribution in [0.3, 0.4) is 0 Å². The SMILES string of the molecule is O=C(CCC1(c2ccc(Cl)cc2)c2ccccc2-c2nccn21)N1CCC(CN2CCC(F)C2)CC1. The highest BCUT2D eigenvalue weighted by molar-refractivity contribution is 6.30. The van der Waals surface area contributed by atoms with Crippen LogP contribution in [-0.2, 0) is 10.3 Å². The van der Waals surface area contributed by atoms with Crippen LogP contribution in [0.25, 0.3) is 11.4 Å². The lowest BCUT2D eigenvalue weighted by molar-refractivity contribution is -0.133. The number of likely N-dealkylation sites (tertiary alicyclic amines) is 2. The smallest absolute Gasteiger partial charge is 0.222 e. The molecule has 5 nitrogen and oxygen atoms in total. The summed E-state index contributed by atoms with van der Waals surface area (Å²) >= 11 is 6.24. The Labute approximate surface area is 216 Å². The van der Waals surface area contributed by atoms with Crippen molar-refractivity contribution in [3.8, 4) is 11.4 Å². The average molecular weight is 507 g/mol. The number of hydrogen-bond donors (Lipinski definition) is 0. The monoisotopic (exact) mass is 506 g/mol. The molecule has 6 rings (SSSR count). The Morgan fingerprint density at radius 3 is 2.58 bits per heavy atom. The van der Waals surface area contributed by atoms with Crippen molar-refractivity contribution >= 4 is 17.5 Å². The van der Waals surface area contributed by atoms with Crippen molar-refractivity contribution in [2.45, 2.75) is 43.8 Å². The van der Waals surface area contributed by atoms with Crippen molar-refractivity contribution in [3.63, 3.8) is 0 Å². The second-order valence-corrected chi connectivity index (χ2v) is 10.9. The minimum absolute atomic E-state index is 0.206. The molecule has 2 aromatic carbocycles. The summed E-state index contributed by atoms with van der Waals surface area (Å²) in [4.78, 5) is 22.4. The zero-order valence-electron chi connectivity index (χ0n) is 20.5. The molecule has 188 valence electrons. The lowest BCUT2D eigenvalue weighted by Gasteiger charge is -2.36. The highest BCUT2D eigenvalue weighted by Gasteiger charge is 2.45. The van der Waals surface area contributed by atoms with E-state index in [9.17, 15) is 9.18 Å². The molecule has 3 aliphatic heterocycles. The van der Waals surface area contributed by atoms with E-state index in [0.717, 1.165) is 56.0 Å². The second kappa shape index (κ2) is 9.64. The van der Waals surface area contributed by atoms with Crippen LogP contribution in [0.5, 0.6) is 0 Å². The number of carbonyl (C=O) groups is 1. The van der Waals surface area contributed by atoms with Gasteiger partial charge in [0.15, 0.2) is 0 Å². The number of piperidine rings is 1. The number of hydrogen-bond acceptors (Lipinski definition) is 3. The molecule has 1 amide bonds. The number of rotatable bonds is 6. The van der Waals surface area contributed by atoms with E-state index in [1.54, 1.807) is 0 Å². The Balaban J connectivity index is 1.19. The Morgan fingerprint density at radius 1 is 1.06 bits per heavy atom. The molecule has 0 bridgehead atoms. The highest BCUT2D eigenvalue weighted by atomic mass is 35.5. The molecule has 3 aromatic rings. The molecule has 0 saturated carbocycles. The Morgan fingerprint density at radius 2 is 1.83 bits per heavy atom. The van der Waals surface area contributed by atoms with E-state index in [2.05, 4.69) is 44.8 Å². The molecule has 0 spiro atoms. The number of alkyl halides is 1. The maximum Gasteiger partial charge on any atom is 0.222 e. The van der Waals surface area contributed by atoms with Crippen LogP contribution in [0.2, 0.25) is 5.02 Å². The predicted molar refractivity (Wildman–Crippen MR) is 140 cm³/mol. The molecule has 2 unspecified atom stereocenters. The number of imidazole rings is 1. The maximum absolute atomic E-state index is 13.5. The van der Waals surface area contributed by atoms with Gasteiger partial charge in [0.25, 0.3) is 0 Å². The fourth-order valence-electron chi connectivity index (χ4n) is 6.53. The van der Waals surface area contributed by atoms with Crippen LogP contribution < -0.4 is 0 Å². The van der Waals surface area contributed by atoms with E-state index in [4.69, 9.17) is 11.6 Å². The summed E-state index contributed by atoms with van der Waals surface area (Å²) in [5.74, 6) is 1.69. The molecule has 36 heavy (non-hydrogen) atoms. The summed E-state index contributed by atoms with van der Waals surface area (Å²) < 4.78 is 15.8. The zero-order chi connectivity index (χ0) is 24.7. The van der Waals surface area contributed by atoms with Gasteiger partial charge in [0.05, 0.1) is 5.54 Å². The molecular formula is C29H32ClFN4O. The van der Waals surface area contributed by atoms with Crippen LogP contribution >= 0.6 is 11.6 Å². The van der Waals surface area contributed by atoms with Gasteiger partial charge in [-0.25, -0.2) is 9.37 Å². The van der Waals surface area contributed by atoms with Crippen LogP contribution in [0, 0.1) is 5.92 Å². The summed E-state index contributed by atoms with van der Waals surface area (Å²) in [6.45, 7) is 3.98. The van der Waals surface area contributed by atoms with Gasteiger partial charge in [-0.3, -0.25) is 4.79 Å². The van der Waals surface area contributed by atoms with Gasteiger partial charge in [-0.05, 0) is 54.9 Å². The van der Waals surface area contributed by atoms with Crippen molar-refractivity contribution in [2.24, 2.45) is 5.92 Å². The molecule has 0 radical (unpaired) electrons. The molecule has 7 heteroatoms. The molecule has 2 fully saturated rings. The quantitative estimate of drug-likeness (QED) is 0.451. The minimum atomic E-state index is -0.670. The first kappa shape index (κ1) is 23.7. The van der Waals surface area contributed by atoms with Crippen LogP contribution in [0.1, 0.15) is 43.2 Å². The number of carbonyl (C=O) groups excluding carboxylic acids is 1. The van der Waals surface area contributed by atoms with Gasteiger partial charge in [0.1, 0.15) is 12.0 Å². The lowest BCUT2D eigenvalue weighted by Crippen LogP contribution is -2.42. The van der Waals surface area contributed by atoms with Crippen LogP contribution in [0.15, 0.2) is 60.9 Å². The van der Waals surface area contributed by atoms with Gasteiger partial charge in [-0.2, -0.15) is 0 Å². The molecule has 0 N–H and O–H groups in total. The van der Waals surface area contributed by atoms with E-state index in [1.807, 2.05) is 35.5 Å². The van der Waals surface area contributed by atoms with Crippen LogP contribution in [-0.4, -0.2) is 64.2 Å². The summed E-state index contributed by atoms with van der Waals surface area (Å²) in [6, 6.07) is 16.4. The highest BCUT2D eigenvalue weighted by Crippen LogP contribution is 2.49. The van der Waals surface area contributed by atoms with Gasteiger partial charge in [-0.1, -0.05) is 48.0 Å². The first-order valence-corrected chi connectivity index (χ1v) is 13.5. The number of fused-ring (bicyclic) bond motifs is 3. The zero-order valence-corrected chi connectivity index (χ0v) is 21.2. The maximum atomic E-state index is 13.5. The van der Waals surface area contributed by atoms with Crippen molar-refractivity contribution < 1.29 is 9.18 Å². The van der Waals surface area contributed by atoms with Gasteiger partial charge >= 0.3 is 0 Å². The topological polar surface area (TPSA) is 41.4 Å². The summed E-state index contributed by atoms with van der Waals surface area (Å²) in [5.41, 5.74) is 2.90. The van der Waals surface area contributed by atoms with Crippen molar-refractivity contribution in [2.75, 3.05) is 32.7 Å². The molecule has 0 aliphatic carbocycles. The molecular weight excluding hydrogens is 475 g/mol. The third kappa shape index (κ3) is 4.14. The molecule has 2 saturated heterocycles. The van der Waals surface area contributed by atoms with Crippen molar-refractivity contribution in [1.29, 1.82) is 0 Å². The number of benzene rings is 2. The van der Waals surface area contributed by atoms with Crippen molar-refractivity contribution in [3.05, 3.63) is 77.1 Å². The normalized spacial score (nSPS) is 24.2. The molecule has 1 aromatic heterocycles. The number of amides is 1. The molecule has 2 atom stereocenters. The molecule has 3 aliphatic rings. The van der Waals surface area contributed by atoms with Crippen molar-refractivity contribution in [1.82, 2.24) is 19.4 Å². The standard InChI is InChI=1S/C29H32ClFN4O/c30-23-7-5-22(6-8-23)29(26-4-2-1-3-25(26)28-32-14-18-35(28)29)13-9-27(36)34-16-10-21(11-17-34)19-33-15-12-24(31)20-33/h1-8,14,18,21,24H,9-13,15-17,19-20H2. The lowest BCUT2D eigenvalue weighted by atomic mass is 9.79. The van der Waals surface area contributed by atoms with Crippen LogP contribution in [0.4, 0.5) is 4.39 Å². The third-order valence-corrected chi connectivity index (χ3v) is 8.64. The Hall–Kier alpha value is -2.70. The minimum Gasteiger partial charge on any atom is -0.343 e. The third-order valence-electron chi connectivity index (χ3n) is 8.39. The molecule has 4 heterocycles. The fraction of sp³-hybridized carbons (Fsp3) is 0.448. The summed E-state index contributed by atoms with van der Waals surface area (Å²) in [6.07, 6.45) is 6.96. The predicted octanol–water partition coefficient (Wildman–Crippen LogP) is 5.37. The first-order valence-electron chi connectivity index (χ1n) is 13.1. The van der Waals surface area contributed by atoms with E-state index >= 15 is 0 Å². The van der Waals surface area contributed by atoms with Gasteiger partial charge < -0.3 is 14.4 Å². The van der Waals surface area contributed by atoms with E-state index < -0.39 is 11.7 Å². The van der Waals surface area contributed by atoms with E-state index in [1.165, 1.54) is 5.56 Å². The average Bonchev–Trinajstić information content (AvgIpc) is 3.60.